The maximum Gasteiger partial charge on any atom is 0.0978 e. The lowest BCUT2D eigenvalue weighted by Crippen LogP contribution is -2.21. The molecule has 102 valence electrons. The molecule has 0 saturated carbocycles. The SMILES string of the molecule is CNCC(c1nc(-c2cccc(Br)c2)cs1)C(C)C. The molecule has 0 aliphatic carbocycles. The van der Waals surface area contributed by atoms with Gasteiger partial charge in [-0.05, 0) is 25.1 Å². The summed E-state index contributed by atoms with van der Waals surface area (Å²) < 4.78 is 1.09. The molecular weight excluding hydrogens is 320 g/mol. The molecule has 0 amide bonds. The third-order valence-electron chi connectivity index (χ3n) is 3.19. The highest BCUT2D eigenvalue weighted by Crippen LogP contribution is 2.31. The predicted octanol–water partition coefficient (Wildman–Crippen LogP) is 4.53. The third-order valence-corrected chi connectivity index (χ3v) is 4.66. The molecule has 0 spiro atoms. The molecule has 0 aliphatic heterocycles. The van der Waals surface area contributed by atoms with Crippen LogP contribution >= 0.6 is 27.3 Å². The van der Waals surface area contributed by atoms with Crippen LogP contribution in [-0.2, 0) is 0 Å². The summed E-state index contributed by atoms with van der Waals surface area (Å²) in [6.45, 7) is 5.48. The van der Waals surface area contributed by atoms with Crippen molar-refractivity contribution in [2.24, 2.45) is 5.92 Å². The Hall–Kier alpha value is -0.710. The van der Waals surface area contributed by atoms with Gasteiger partial charge in [0.05, 0.1) is 10.7 Å². The van der Waals surface area contributed by atoms with Gasteiger partial charge in [-0.15, -0.1) is 11.3 Å². The number of nitrogens with zero attached hydrogens (tertiary/aromatic N) is 1. The highest BCUT2D eigenvalue weighted by molar-refractivity contribution is 9.10. The maximum atomic E-state index is 4.82. The van der Waals surface area contributed by atoms with Gasteiger partial charge < -0.3 is 5.32 Å². The van der Waals surface area contributed by atoms with Gasteiger partial charge in [-0.2, -0.15) is 0 Å². The molecular formula is C15H19BrN2S. The minimum absolute atomic E-state index is 0.482. The fraction of sp³-hybridized carbons (Fsp3) is 0.400. The van der Waals surface area contributed by atoms with Crippen molar-refractivity contribution >= 4 is 27.3 Å². The van der Waals surface area contributed by atoms with E-state index in [2.05, 4.69) is 52.6 Å². The van der Waals surface area contributed by atoms with Crippen LogP contribution in [0.3, 0.4) is 0 Å². The molecule has 1 heterocycles. The van der Waals surface area contributed by atoms with E-state index < -0.39 is 0 Å². The van der Waals surface area contributed by atoms with Crippen LogP contribution in [0.1, 0.15) is 24.8 Å². The molecule has 1 unspecified atom stereocenters. The highest BCUT2D eigenvalue weighted by Gasteiger charge is 2.19. The van der Waals surface area contributed by atoms with Gasteiger partial charge in [0.15, 0.2) is 0 Å². The Morgan fingerprint density at radius 2 is 2.16 bits per heavy atom. The second kappa shape index (κ2) is 6.64. The second-order valence-electron chi connectivity index (χ2n) is 4.99. The van der Waals surface area contributed by atoms with Crippen LogP contribution in [-0.4, -0.2) is 18.6 Å². The molecule has 0 aliphatic rings. The average molecular weight is 339 g/mol. The maximum absolute atomic E-state index is 4.82. The Labute approximate surface area is 127 Å². The van der Waals surface area contributed by atoms with Crippen LogP contribution < -0.4 is 5.32 Å². The molecule has 0 bridgehead atoms. The van der Waals surface area contributed by atoms with Gasteiger partial charge in [0.25, 0.3) is 0 Å². The molecule has 2 aromatic rings. The first-order valence-electron chi connectivity index (χ1n) is 6.47. The van der Waals surface area contributed by atoms with Gasteiger partial charge in [0.1, 0.15) is 0 Å². The molecule has 0 fully saturated rings. The second-order valence-corrected chi connectivity index (χ2v) is 6.79. The molecule has 1 N–H and O–H groups in total. The fourth-order valence-electron chi connectivity index (χ4n) is 2.07. The van der Waals surface area contributed by atoms with Gasteiger partial charge >= 0.3 is 0 Å². The van der Waals surface area contributed by atoms with Crippen LogP contribution in [0.2, 0.25) is 0 Å². The quantitative estimate of drug-likeness (QED) is 0.866. The smallest absolute Gasteiger partial charge is 0.0978 e. The molecule has 1 atom stereocenters. The first-order valence-corrected chi connectivity index (χ1v) is 8.15. The van der Waals surface area contributed by atoms with Crippen LogP contribution in [0.25, 0.3) is 11.3 Å². The predicted molar refractivity (Wildman–Crippen MR) is 86.8 cm³/mol. The van der Waals surface area contributed by atoms with E-state index in [1.54, 1.807) is 11.3 Å². The van der Waals surface area contributed by atoms with E-state index in [9.17, 15) is 0 Å². The summed E-state index contributed by atoms with van der Waals surface area (Å²) in [7, 11) is 2.00. The minimum Gasteiger partial charge on any atom is -0.319 e. The van der Waals surface area contributed by atoms with Crippen molar-refractivity contribution in [1.82, 2.24) is 10.3 Å². The number of hydrogen-bond acceptors (Lipinski definition) is 3. The van der Waals surface area contributed by atoms with Crippen molar-refractivity contribution in [3.05, 3.63) is 39.1 Å². The lowest BCUT2D eigenvalue weighted by Gasteiger charge is -2.17. The van der Waals surface area contributed by atoms with Gasteiger partial charge in [-0.25, -0.2) is 4.98 Å². The Morgan fingerprint density at radius 3 is 2.79 bits per heavy atom. The fourth-order valence-corrected chi connectivity index (χ4v) is 3.57. The summed E-state index contributed by atoms with van der Waals surface area (Å²) in [6, 6.07) is 8.30. The topological polar surface area (TPSA) is 24.9 Å². The standard InChI is InChI=1S/C15H19BrN2S/c1-10(2)13(8-17-3)15-18-14(9-19-15)11-5-4-6-12(16)7-11/h4-7,9-10,13,17H,8H2,1-3H3. The lowest BCUT2D eigenvalue weighted by atomic mass is 9.96. The Kier molecular flexibility index (Phi) is 5.13. The first-order chi connectivity index (χ1) is 9.11. The summed E-state index contributed by atoms with van der Waals surface area (Å²) >= 11 is 5.27. The summed E-state index contributed by atoms with van der Waals surface area (Å²) in [4.78, 5) is 4.82. The van der Waals surface area contributed by atoms with Crippen molar-refractivity contribution < 1.29 is 0 Å². The minimum atomic E-state index is 0.482. The summed E-state index contributed by atoms with van der Waals surface area (Å²) in [5.74, 6) is 1.07. The Morgan fingerprint density at radius 1 is 1.37 bits per heavy atom. The molecule has 4 heteroatoms. The molecule has 0 saturated heterocycles. The number of likely N-dealkylation sites (N-methyl/N-ethyl adjacent to an activating group) is 1. The zero-order chi connectivity index (χ0) is 13.8. The van der Waals surface area contributed by atoms with Crippen molar-refractivity contribution in [2.75, 3.05) is 13.6 Å². The number of aromatic nitrogens is 1. The van der Waals surface area contributed by atoms with Crippen LogP contribution in [0.4, 0.5) is 0 Å². The van der Waals surface area contributed by atoms with Crippen molar-refractivity contribution in [3.63, 3.8) is 0 Å². The van der Waals surface area contributed by atoms with E-state index in [0.29, 0.717) is 11.8 Å². The summed E-state index contributed by atoms with van der Waals surface area (Å²) in [5.41, 5.74) is 2.24. The van der Waals surface area contributed by atoms with Gasteiger partial charge in [-0.1, -0.05) is 41.9 Å². The van der Waals surface area contributed by atoms with E-state index in [4.69, 9.17) is 4.98 Å². The number of thiazole rings is 1. The number of hydrogen-bond donors (Lipinski definition) is 1. The number of benzene rings is 1. The monoisotopic (exact) mass is 338 g/mol. The lowest BCUT2D eigenvalue weighted by molar-refractivity contribution is 0.477. The number of halogens is 1. The Balaban J connectivity index is 2.27. The summed E-state index contributed by atoms with van der Waals surface area (Å²) in [6.07, 6.45) is 0. The Bertz CT molecular complexity index is 536. The molecule has 0 radical (unpaired) electrons. The van der Waals surface area contributed by atoms with Crippen LogP contribution in [0.15, 0.2) is 34.1 Å². The number of nitrogens with one attached hydrogen (secondary N) is 1. The van der Waals surface area contributed by atoms with Crippen molar-refractivity contribution in [2.45, 2.75) is 19.8 Å². The molecule has 19 heavy (non-hydrogen) atoms. The normalized spacial score (nSPS) is 12.9. The van der Waals surface area contributed by atoms with E-state index in [1.807, 2.05) is 19.2 Å². The average Bonchev–Trinajstić information content (AvgIpc) is 2.84. The van der Waals surface area contributed by atoms with E-state index in [0.717, 1.165) is 16.7 Å². The van der Waals surface area contributed by atoms with Gasteiger partial charge in [0, 0.05) is 27.9 Å². The zero-order valence-electron chi connectivity index (χ0n) is 11.5. The highest BCUT2D eigenvalue weighted by atomic mass is 79.9. The molecule has 2 nitrogen and oxygen atoms in total. The molecule has 1 aromatic heterocycles. The zero-order valence-corrected chi connectivity index (χ0v) is 13.9. The third kappa shape index (κ3) is 3.65. The van der Waals surface area contributed by atoms with Crippen molar-refractivity contribution in [3.8, 4) is 11.3 Å². The van der Waals surface area contributed by atoms with E-state index >= 15 is 0 Å². The number of rotatable bonds is 5. The van der Waals surface area contributed by atoms with Crippen LogP contribution in [0.5, 0.6) is 0 Å². The van der Waals surface area contributed by atoms with E-state index in [1.165, 1.54) is 10.6 Å². The van der Waals surface area contributed by atoms with Crippen molar-refractivity contribution in [1.29, 1.82) is 0 Å². The summed E-state index contributed by atoms with van der Waals surface area (Å²) in [5, 5.41) is 6.64. The largest absolute Gasteiger partial charge is 0.319 e. The molecule has 1 aromatic carbocycles. The molecule has 2 rings (SSSR count). The van der Waals surface area contributed by atoms with Crippen LogP contribution in [0, 0.1) is 5.92 Å². The van der Waals surface area contributed by atoms with E-state index in [-0.39, 0.29) is 0 Å². The van der Waals surface area contributed by atoms with Gasteiger partial charge in [-0.3, -0.25) is 0 Å². The van der Waals surface area contributed by atoms with Gasteiger partial charge in [0.2, 0.25) is 0 Å². The first kappa shape index (κ1) is 14.7.